The maximum Gasteiger partial charge on any atom is 0.460 e. The molecule has 3 nitrogen and oxygen atoms in total. The summed E-state index contributed by atoms with van der Waals surface area (Å²) in [6, 6.07) is 0. The van der Waals surface area contributed by atoms with Crippen molar-refractivity contribution in [3.05, 3.63) is 11.8 Å². The van der Waals surface area contributed by atoms with Crippen LogP contribution in [0.2, 0.25) is 0 Å². The van der Waals surface area contributed by atoms with E-state index < -0.39 is 84.6 Å². The summed E-state index contributed by atoms with van der Waals surface area (Å²) in [6.07, 6.45) is -8.41. The Morgan fingerprint density at radius 1 is 0.583 bits per heavy atom. The second kappa shape index (κ2) is 10.4. The van der Waals surface area contributed by atoms with Gasteiger partial charge in [-0.3, -0.25) is 0 Å². The molecule has 0 aromatic heterocycles. The third-order valence-electron chi connectivity index (χ3n) is 4.02. The molecule has 0 bridgehead atoms. The van der Waals surface area contributed by atoms with Crippen LogP contribution in [0.25, 0.3) is 0 Å². The fraction of sp³-hybridized carbons (Fsp3) is 0.833. The van der Waals surface area contributed by atoms with E-state index in [1.807, 2.05) is 0 Å². The maximum absolute atomic E-state index is 14.4. The minimum Gasteiger partial charge on any atom is -0.491 e. The predicted molar refractivity (Wildman–Crippen MR) is 90.4 cm³/mol. The lowest BCUT2D eigenvalue weighted by Gasteiger charge is -2.41. The Hall–Kier alpha value is -2.04. The average Bonchev–Trinajstić information content (AvgIpc) is 2.67. The van der Waals surface area contributed by atoms with Gasteiger partial charge < -0.3 is 9.47 Å². The predicted octanol–water partition coefficient (Wildman–Crippen LogP) is 7.12. The van der Waals surface area contributed by atoms with Crippen LogP contribution in [-0.2, 0) is 14.3 Å². The Labute approximate surface area is 193 Å². The molecule has 36 heavy (non-hydrogen) atoms. The fourth-order valence-electron chi connectivity index (χ4n) is 2.00. The van der Waals surface area contributed by atoms with E-state index >= 15 is 0 Å². The molecule has 0 amide bonds. The number of allylic oxidation sites excluding steroid dienone is 1. The van der Waals surface area contributed by atoms with Crippen LogP contribution in [0.5, 0.6) is 0 Å². The maximum atomic E-state index is 14.4. The van der Waals surface area contributed by atoms with Crippen molar-refractivity contribution in [2.45, 2.75) is 69.4 Å². The molecule has 0 saturated carbocycles. The first-order valence-corrected chi connectivity index (χ1v) is 9.48. The van der Waals surface area contributed by atoms with E-state index in [2.05, 4.69) is 9.47 Å². The molecule has 0 aliphatic rings. The van der Waals surface area contributed by atoms with Gasteiger partial charge in [-0.25, -0.2) is 4.79 Å². The van der Waals surface area contributed by atoms with Gasteiger partial charge in [-0.1, -0.05) is 27.7 Å². The quantitative estimate of drug-likeness (QED) is 0.109. The summed E-state index contributed by atoms with van der Waals surface area (Å²) in [4.78, 5) is 11.6. The summed E-state index contributed by atoms with van der Waals surface area (Å²) in [5, 5.41) is 0. The van der Waals surface area contributed by atoms with Crippen molar-refractivity contribution in [1.82, 2.24) is 0 Å². The highest BCUT2D eigenvalue weighted by Gasteiger charge is 2.93. The highest BCUT2D eigenvalue weighted by molar-refractivity contribution is 5.82. The fourth-order valence-corrected chi connectivity index (χ4v) is 2.00. The minimum atomic E-state index is -8.44. The first-order valence-electron chi connectivity index (χ1n) is 9.48. The molecule has 0 rings (SSSR count). The highest BCUT2D eigenvalue weighted by Crippen LogP contribution is 2.63. The van der Waals surface area contributed by atoms with E-state index in [0.717, 1.165) is 13.8 Å². The van der Waals surface area contributed by atoms with Gasteiger partial charge in [-0.15, -0.1) is 0 Å². The lowest BCUT2D eigenvalue weighted by Crippen LogP contribution is -2.72. The van der Waals surface area contributed by atoms with Gasteiger partial charge in [-0.2, -0.15) is 65.9 Å². The molecule has 0 atom stereocenters. The van der Waals surface area contributed by atoms with Gasteiger partial charge in [0.15, 0.2) is 5.76 Å². The molecule has 0 aromatic carbocycles. The monoisotopic (exact) mass is 568 g/mol. The third-order valence-corrected chi connectivity index (χ3v) is 4.02. The van der Waals surface area contributed by atoms with Gasteiger partial charge in [-0.05, 0) is 11.8 Å². The van der Waals surface area contributed by atoms with E-state index in [9.17, 15) is 70.7 Å². The average molecular weight is 568 g/mol. The Morgan fingerprint density at radius 2 is 0.917 bits per heavy atom. The molecule has 0 aliphatic heterocycles. The molecule has 0 radical (unpaired) electrons. The third kappa shape index (κ3) is 5.92. The Kier molecular flexibility index (Phi) is 9.79. The molecule has 0 saturated heterocycles. The number of rotatable bonds is 12. The van der Waals surface area contributed by atoms with Crippen LogP contribution in [0.3, 0.4) is 0 Å². The van der Waals surface area contributed by atoms with E-state index in [1.165, 1.54) is 13.8 Å². The van der Waals surface area contributed by atoms with Crippen LogP contribution in [0, 0.1) is 11.8 Å². The molecule has 18 heteroatoms. The molecule has 0 spiro atoms. The molecule has 214 valence electrons. The normalized spacial score (nSPS) is 15.5. The SMILES string of the molecule is CC(C)COC(=O)/C=C(\OCC(C)C)C(F)(F)C(F)(F)C(F)(F)C(F)(F)C(F)(F)C(F)(F)C(F)(F)F. The minimum absolute atomic E-state index is 0.509. The molecule has 0 heterocycles. The summed E-state index contributed by atoms with van der Waals surface area (Å²) in [5.74, 6) is -54.1. The molecular formula is C18H19F15O3. The second-order valence-electron chi connectivity index (χ2n) is 8.18. The number of carbonyl (C=O) groups is 1. The van der Waals surface area contributed by atoms with Crippen molar-refractivity contribution in [2.75, 3.05) is 13.2 Å². The summed E-state index contributed by atoms with van der Waals surface area (Å²) in [5.41, 5.74) is 0. The van der Waals surface area contributed by atoms with Gasteiger partial charge >= 0.3 is 47.7 Å². The van der Waals surface area contributed by atoms with E-state index in [4.69, 9.17) is 0 Å². The number of hydrogen-bond acceptors (Lipinski definition) is 3. The topological polar surface area (TPSA) is 35.5 Å². The number of ether oxygens (including phenoxy) is 2. The molecule has 0 aliphatic carbocycles. The van der Waals surface area contributed by atoms with Gasteiger partial charge in [0.25, 0.3) is 0 Å². The van der Waals surface area contributed by atoms with Crippen molar-refractivity contribution in [3.63, 3.8) is 0 Å². The Balaban J connectivity index is 6.80. The van der Waals surface area contributed by atoms with E-state index in [-0.39, 0.29) is 0 Å². The zero-order valence-electron chi connectivity index (χ0n) is 18.5. The van der Waals surface area contributed by atoms with Gasteiger partial charge in [0, 0.05) is 0 Å². The molecule has 0 aromatic rings. The molecule has 0 N–H and O–H groups in total. The van der Waals surface area contributed by atoms with Crippen molar-refractivity contribution >= 4 is 5.97 Å². The summed E-state index contributed by atoms with van der Waals surface area (Å²) < 4.78 is 209. The molecule has 0 unspecified atom stereocenters. The zero-order chi connectivity index (χ0) is 29.3. The lowest BCUT2D eigenvalue weighted by molar-refractivity contribution is -0.451. The number of alkyl halides is 15. The lowest BCUT2D eigenvalue weighted by atomic mass is 9.90. The summed E-state index contributed by atoms with van der Waals surface area (Å²) >= 11 is 0. The smallest absolute Gasteiger partial charge is 0.460 e. The van der Waals surface area contributed by atoms with Crippen molar-refractivity contribution in [1.29, 1.82) is 0 Å². The van der Waals surface area contributed by atoms with Gasteiger partial charge in [0.1, 0.15) is 0 Å². The summed E-state index contributed by atoms with van der Waals surface area (Å²) in [7, 11) is 0. The zero-order valence-corrected chi connectivity index (χ0v) is 18.5. The largest absolute Gasteiger partial charge is 0.491 e. The number of carbonyl (C=O) groups excluding carboxylic acids is 1. The van der Waals surface area contributed by atoms with Crippen molar-refractivity contribution in [2.24, 2.45) is 11.8 Å². The van der Waals surface area contributed by atoms with Crippen LogP contribution in [0.15, 0.2) is 11.8 Å². The molecule has 0 fully saturated rings. The van der Waals surface area contributed by atoms with Crippen LogP contribution in [0.1, 0.15) is 27.7 Å². The summed E-state index contributed by atoms with van der Waals surface area (Å²) in [6.45, 7) is 3.38. The van der Waals surface area contributed by atoms with Crippen LogP contribution < -0.4 is 0 Å². The number of halogens is 15. The van der Waals surface area contributed by atoms with Gasteiger partial charge in [0.05, 0.1) is 19.3 Å². The molecular weight excluding hydrogens is 549 g/mol. The second-order valence-corrected chi connectivity index (χ2v) is 8.18. The highest BCUT2D eigenvalue weighted by atomic mass is 19.4. The van der Waals surface area contributed by atoms with Crippen molar-refractivity contribution in [3.8, 4) is 0 Å². The van der Waals surface area contributed by atoms with Crippen LogP contribution in [0.4, 0.5) is 65.9 Å². The number of hydrogen-bond donors (Lipinski definition) is 0. The van der Waals surface area contributed by atoms with Crippen LogP contribution >= 0.6 is 0 Å². The Morgan fingerprint density at radius 3 is 1.28 bits per heavy atom. The first-order chi connectivity index (χ1) is 15.6. The van der Waals surface area contributed by atoms with Crippen molar-refractivity contribution < 1.29 is 80.1 Å². The van der Waals surface area contributed by atoms with Gasteiger partial charge in [0.2, 0.25) is 0 Å². The Bertz CT molecular complexity index is 798. The number of esters is 1. The standard InChI is InChI=1S/C18H19F15O3/c1-8(2)6-35-10(5-11(34)36-7-9(3)4)12(19,20)13(21,22)14(23,24)15(25,26)16(27,28)17(29,30)18(31,32)33/h5,8-9H,6-7H2,1-4H3/b10-5-. The van der Waals surface area contributed by atoms with E-state index in [1.54, 1.807) is 0 Å². The first kappa shape index (κ1) is 34.0. The van der Waals surface area contributed by atoms with E-state index in [0.29, 0.717) is 0 Å². The van der Waals surface area contributed by atoms with Crippen LogP contribution in [-0.4, -0.2) is 60.9 Å².